The first-order valence-electron chi connectivity index (χ1n) is 9.27. The number of rotatable bonds is 6. The minimum Gasteiger partial charge on any atom is -0.341 e. The molecule has 132 valence electrons. The average molecular weight is 330 g/mol. The van der Waals surface area contributed by atoms with E-state index in [1.807, 2.05) is 16.7 Å². The second kappa shape index (κ2) is 9.45. The molecule has 0 atom stereocenters. The zero-order chi connectivity index (χ0) is 17.4. The Labute approximate surface area is 145 Å². The van der Waals surface area contributed by atoms with Crippen LogP contribution in [0.4, 0.5) is 0 Å². The van der Waals surface area contributed by atoms with Gasteiger partial charge in [-0.3, -0.25) is 9.59 Å². The van der Waals surface area contributed by atoms with Gasteiger partial charge in [-0.05, 0) is 36.8 Å². The molecule has 0 aliphatic carbocycles. The maximum absolute atomic E-state index is 12.5. The number of aryl methyl sites for hydroxylation is 2. The summed E-state index contributed by atoms with van der Waals surface area (Å²) in [4.78, 5) is 28.3. The Kier molecular flexibility index (Phi) is 7.29. The Balaban J connectivity index is 1.80. The lowest BCUT2D eigenvalue weighted by Crippen LogP contribution is -2.37. The molecule has 1 aromatic carbocycles. The summed E-state index contributed by atoms with van der Waals surface area (Å²) in [6, 6.07) is 8.53. The third-order valence-electron chi connectivity index (χ3n) is 4.72. The van der Waals surface area contributed by atoms with Crippen molar-refractivity contribution in [1.29, 1.82) is 0 Å². The Morgan fingerprint density at radius 2 is 1.38 bits per heavy atom. The molecule has 0 N–H and O–H groups in total. The van der Waals surface area contributed by atoms with E-state index in [1.54, 1.807) is 0 Å². The highest BCUT2D eigenvalue weighted by Crippen LogP contribution is 2.11. The van der Waals surface area contributed by atoms with Crippen LogP contribution in [0.3, 0.4) is 0 Å². The lowest BCUT2D eigenvalue weighted by Gasteiger charge is -2.22. The number of hydrogen-bond acceptors (Lipinski definition) is 2. The van der Waals surface area contributed by atoms with Crippen molar-refractivity contribution in [3.8, 4) is 0 Å². The van der Waals surface area contributed by atoms with Crippen molar-refractivity contribution in [3.05, 3.63) is 35.4 Å². The summed E-state index contributed by atoms with van der Waals surface area (Å²) in [6.07, 6.45) is 4.76. The molecule has 2 rings (SSSR count). The van der Waals surface area contributed by atoms with Crippen LogP contribution in [0.5, 0.6) is 0 Å². The quantitative estimate of drug-likeness (QED) is 0.804. The Hall–Kier alpha value is -1.84. The summed E-state index contributed by atoms with van der Waals surface area (Å²) in [6.45, 7) is 7.06. The van der Waals surface area contributed by atoms with E-state index in [2.05, 4.69) is 31.2 Å². The molecule has 1 fully saturated rings. The van der Waals surface area contributed by atoms with Crippen LogP contribution in [-0.4, -0.2) is 47.8 Å². The molecule has 0 aromatic heterocycles. The highest BCUT2D eigenvalue weighted by atomic mass is 16.2. The molecule has 4 heteroatoms. The van der Waals surface area contributed by atoms with Gasteiger partial charge in [0.2, 0.25) is 11.8 Å². The van der Waals surface area contributed by atoms with E-state index in [0.717, 1.165) is 38.8 Å². The van der Waals surface area contributed by atoms with E-state index < -0.39 is 0 Å². The molecule has 2 amide bonds. The lowest BCUT2D eigenvalue weighted by atomic mass is 10.1. The summed E-state index contributed by atoms with van der Waals surface area (Å²) in [5.41, 5.74) is 2.55. The van der Waals surface area contributed by atoms with Gasteiger partial charge in [0.1, 0.15) is 0 Å². The van der Waals surface area contributed by atoms with Crippen LogP contribution < -0.4 is 0 Å². The van der Waals surface area contributed by atoms with Gasteiger partial charge in [0.15, 0.2) is 0 Å². The smallest absolute Gasteiger partial charge is 0.222 e. The van der Waals surface area contributed by atoms with Gasteiger partial charge in [-0.1, -0.05) is 38.1 Å². The SMILES string of the molecule is CCCC(=O)N1CCCN(C(=O)CCc2ccc(CC)cc2)CC1. The van der Waals surface area contributed by atoms with Gasteiger partial charge in [-0.2, -0.15) is 0 Å². The highest BCUT2D eigenvalue weighted by Gasteiger charge is 2.21. The molecule has 0 bridgehead atoms. The second-order valence-electron chi connectivity index (χ2n) is 6.54. The largest absolute Gasteiger partial charge is 0.341 e. The van der Waals surface area contributed by atoms with Crippen molar-refractivity contribution >= 4 is 11.8 Å². The predicted molar refractivity (Wildman–Crippen MR) is 96.8 cm³/mol. The van der Waals surface area contributed by atoms with Crippen LogP contribution in [0.25, 0.3) is 0 Å². The van der Waals surface area contributed by atoms with Crippen LogP contribution in [0.2, 0.25) is 0 Å². The number of benzene rings is 1. The summed E-state index contributed by atoms with van der Waals surface area (Å²) < 4.78 is 0. The van der Waals surface area contributed by atoms with Gasteiger partial charge in [0.05, 0.1) is 0 Å². The first-order valence-corrected chi connectivity index (χ1v) is 9.27. The number of carbonyl (C=O) groups is 2. The Morgan fingerprint density at radius 3 is 1.92 bits per heavy atom. The second-order valence-corrected chi connectivity index (χ2v) is 6.54. The fourth-order valence-electron chi connectivity index (χ4n) is 3.14. The van der Waals surface area contributed by atoms with Crippen molar-refractivity contribution in [2.45, 2.75) is 52.4 Å². The third kappa shape index (κ3) is 5.36. The standard InChI is InChI=1S/C20H30N2O2/c1-3-6-19(23)21-13-5-14-22(16-15-21)20(24)12-11-18-9-7-17(4-2)8-10-18/h7-10H,3-6,11-16H2,1-2H3. The Bertz CT molecular complexity index is 539. The monoisotopic (exact) mass is 330 g/mol. The van der Waals surface area contributed by atoms with Crippen LogP contribution in [0, 0.1) is 0 Å². The maximum Gasteiger partial charge on any atom is 0.222 e. The molecule has 0 spiro atoms. The van der Waals surface area contributed by atoms with E-state index >= 15 is 0 Å². The lowest BCUT2D eigenvalue weighted by molar-refractivity contribution is -0.133. The fraction of sp³-hybridized carbons (Fsp3) is 0.600. The van der Waals surface area contributed by atoms with Crippen molar-refractivity contribution in [2.24, 2.45) is 0 Å². The first-order chi connectivity index (χ1) is 11.6. The molecule has 1 aliphatic heterocycles. The van der Waals surface area contributed by atoms with Gasteiger partial charge in [0.25, 0.3) is 0 Å². The summed E-state index contributed by atoms with van der Waals surface area (Å²) in [5.74, 6) is 0.433. The Morgan fingerprint density at radius 1 is 0.833 bits per heavy atom. The average Bonchev–Trinajstić information content (AvgIpc) is 2.86. The van der Waals surface area contributed by atoms with Gasteiger partial charge in [-0.25, -0.2) is 0 Å². The van der Waals surface area contributed by atoms with Crippen molar-refractivity contribution in [3.63, 3.8) is 0 Å². The third-order valence-corrected chi connectivity index (χ3v) is 4.72. The molecule has 1 aromatic rings. The molecule has 1 aliphatic rings. The summed E-state index contributed by atoms with van der Waals surface area (Å²) in [7, 11) is 0. The van der Waals surface area contributed by atoms with Gasteiger partial charge >= 0.3 is 0 Å². The molecule has 24 heavy (non-hydrogen) atoms. The molecule has 1 heterocycles. The summed E-state index contributed by atoms with van der Waals surface area (Å²) >= 11 is 0. The number of hydrogen-bond donors (Lipinski definition) is 0. The zero-order valence-electron chi connectivity index (χ0n) is 15.1. The van der Waals surface area contributed by atoms with Crippen molar-refractivity contribution in [2.75, 3.05) is 26.2 Å². The van der Waals surface area contributed by atoms with Crippen LogP contribution in [-0.2, 0) is 22.4 Å². The topological polar surface area (TPSA) is 40.6 Å². The summed E-state index contributed by atoms with van der Waals surface area (Å²) in [5, 5.41) is 0. The van der Waals surface area contributed by atoms with Crippen LogP contribution >= 0.6 is 0 Å². The van der Waals surface area contributed by atoms with E-state index in [4.69, 9.17) is 0 Å². The molecule has 0 radical (unpaired) electrons. The van der Waals surface area contributed by atoms with E-state index in [1.165, 1.54) is 11.1 Å². The van der Waals surface area contributed by atoms with Crippen molar-refractivity contribution in [1.82, 2.24) is 9.80 Å². The van der Waals surface area contributed by atoms with E-state index in [0.29, 0.717) is 25.9 Å². The molecular formula is C20H30N2O2. The van der Waals surface area contributed by atoms with Crippen LogP contribution in [0.15, 0.2) is 24.3 Å². The highest BCUT2D eigenvalue weighted by molar-refractivity contribution is 5.78. The molecule has 4 nitrogen and oxygen atoms in total. The minimum atomic E-state index is 0.208. The van der Waals surface area contributed by atoms with E-state index in [9.17, 15) is 9.59 Å². The normalized spacial score (nSPS) is 15.2. The number of carbonyl (C=O) groups excluding carboxylic acids is 2. The zero-order valence-corrected chi connectivity index (χ0v) is 15.1. The van der Waals surface area contributed by atoms with Crippen LogP contribution in [0.1, 0.15) is 50.7 Å². The van der Waals surface area contributed by atoms with Gasteiger partial charge in [0, 0.05) is 39.0 Å². The minimum absolute atomic E-state index is 0.208. The van der Waals surface area contributed by atoms with Gasteiger partial charge < -0.3 is 9.80 Å². The fourth-order valence-corrected chi connectivity index (χ4v) is 3.14. The first kappa shape index (κ1) is 18.5. The van der Waals surface area contributed by atoms with Crippen molar-refractivity contribution < 1.29 is 9.59 Å². The molecular weight excluding hydrogens is 300 g/mol. The molecule has 0 unspecified atom stereocenters. The number of nitrogens with zero attached hydrogens (tertiary/aromatic N) is 2. The number of amides is 2. The molecule has 0 saturated carbocycles. The van der Waals surface area contributed by atoms with E-state index in [-0.39, 0.29) is 11.8 Å². The molecule has 1 saturated heterocycles. The predicted octanol–water partition coefficient (Wildman–Crippen LogP) is 3.04. The maximum atomic E-state index is 12.5. The van der Waals surface area contributed by atoms with Gasteiger partial charge in [-0.15, -0.1) is 0 Å².